The van der Waals surface area contributed by atoms with Crippen LogP contribution >= 0.6 is 29.9 Å². The zero-order chi connectivity index (χ0) is 15.6. The fraction of sp³-hybridized carbons (Fsp3) is 0.900. The maximum Gasteiger partial charge on any atom is 0.356 e. The number of sulfone groups is 1. The molecule has 1 rings (SSSR count). The summed E-state index contributed by atoms with van der Waals surface area (Å²) >= 11 is 1.82. The molecule has 0 aromatic heterocycles. The van der Waals surface area contributed by atoms with Gasteiger partial charge in [-0.2, -0.15) is 0 Å². The average molecular weight is 361 g/mol. The van der Waals surface area contributed by atoms with E-state index in [-0.39, 0.29) is 18.4 Å². The second kappa shape index (κ2) is 7.05. The third-order valence-electron chi connectivity index (χ3n) is 2.72. The highest BCUT2D eigenvalue weighted by Crippen LogP contribution is 2.66. The Hall–Kier alpha value is 0.310. The van der Waals surface area contributed by atoms with Crippen molar-refractivity contribution in [2.24, 2.45) is 0 Å². The van der Waals surface area contributed by atoms with Crippen molar-refractivity contribution in [3.8, 4) is 0 Å². The standard InChI is InChI=1S/C10H20NO5PS3/c1-5-8(3)19-17(13,16-6-2)11-7-9(18-10(11)12)20(4,14)15/h8-9H,5-7H2,1-4H3. The molecule has 3 unspecified atom stereocenters. The van der Waals surface area contributed by atoms with Crippen molar-refractivity contribution in [2.75, 3.05) is 19.4 Å². The SMILES string of the molecule is CCOP(=O)(SC(C)CC)N1CC(S(C)(=O)=O)SC1=O. The summed E-state index contributed by atoms with van der Waals surface area (Å²) in [5, 5.41) is -0.435. The first-order chi connectivity index (χ1) is 9.14. The molecular weight excluding hydrogens is 341 g/mol. The molecule has 3 atom stereocenters. The number of rotatable bonds is 7. The van der Waals surface area contributed by atoms with Crippen LogP contribution in [-0.4, -0.2) is 47.6 Å². The molecule has 1 amide bonds. The zero-order valence-electron chi connectivity index (χ0n) is 11.9. The van der Waals surface area contributed by atoms with Gasteiger partial charge in [-0.05, 0) is 36.5 Å². The van der Waals surface area contributed by atoms with E-state index < -0.39 is 26.4 Å². The van der Waals surface area contributed by atoms with Gasteiger partial charge in [-0.25, -0.2) is 8.42 Å². The number of carbonyl (C=O) groups is 1. The number of amides is 1. The minimum Gasteiger partial charge on any atom is -0.306 e. The van der Waals surface area contributed by atoms with Gasteiger partial charge >= 0.3 is 6.72 Å². The van der Waals surface area contributed by atoms with Crippen molar-refractivity contribution in [1.82, 2.24) is 4.67 Å². The van der Waals surface area contributed by atoms with E-state index in [1.807, 2.05) is 13.8 Å². The summed E-state index contributed by atoms with van der Waals surface area (Å²) in [6.45, 7) is 2.29. The van der Waals surface area contributed by atoms with Crippen molar-refractivity contribution in [3.63, 3.8) is 0 Å². The van der Waals surface area contributed by atoms with Gasteiger partial charge in [-0.15, -0.1) is 0 Å². The predicted molar refractivity (Wildman–Crippen MR) is 84.9 cm³/mol. The Kier molecular flexibility index (Phi) is 6.47. The van der Waals surface area contributed by atoms with E-state index in [9.17, 15) is 17.8 Å². The summed E-state index contributed by atoms with van der Waals surface area (Å²) in [6, 6.07) is 0. The molecule has 0 aromatic carbocycles. The first-order valence-electron chi connectivity index (χ1n) is 6.24. The van der Waals surface area contributed by atoms with Crippen LogP contribution in [-0.2, 0) is 18.9 Å². The largest absolute Gasteiger partial charge is 0.356 e. The van der Waals surface area contributed by atoms with Crippen LogP contribution in [0.25, 0.3) is 0 Å². The molecule has 6 nitrogen and oxygen atoms in total. The molecule has 0 aliphatic carbocycles. The van der Waals surface area contributed by atoms with E-state index in [4.69, 9.17) is 4.52 Å². The van der Waals surface area contributed by atoms with Gasteiger partial charge in [0.25, 0.3) is 5.24 Å². The minimum atomic E-state index is -3.39. The highest BCUT2D eigenvalue weighted by atomic mass is 32.7. The lowest BCUT2D eigenvalue weighted by molar-refractivity contribution is 0.240. The van der Waals surface area contributed by atoms with Crippen LogP contribution in [0.4, 0.5) is 4.79 Å². The van der Waals surface area contributed by atoms with Crippen LogP contribution in [0.5, 0.6) is 0 Å². The molecule has 1 heterocycles. The molecule has 0 spiro atoms. The first kappa shape index (κ1) is 18.4. The molecule has 0 aromatic rings. The molecule has 1 fully saturated rings. The molecule has 0 bridgehead atoms. The minimum absolute atomic E-state index is 0.0578. The van der Waals surface area contributed by atoms with Crippen LogP contribution in [0.2, 0.25) is 0 Å². The maximum atomic E-state index is 12.9. The Bertz CT molecular complexity index is 509. The van der Waals surface area contributed by atoms with Crippen molar-refractivity contribution >= 4 is 44.9 Å². The van der Waals surface area contributed by atoms with E-state index >= 15 is 0 Å². The average Bonchev–Trinajstić information content (AvgIpc) is 2.72. The summed E-state index contributed by atoms with van der Waals surface area (Å²) in [4.78, 5) is 12.0. The fourth-order valence-corrected chi connectivity index (χ4v) is 9.20. The molecule has 1 aliphatic rings. The van der Waals surface area contributed by atoms with Crippen LogP contribution in [0.3, 0.4) is 0 Å². The summed E-state index contributed by atoms with van der Waals surface area (Å²) in [5.41, 5.74) is 0. The van der Waals surface area contributed by atoms with Crippen molar-refractivity contribution in [3.05, 3.63) is 0 Å². The van der Waals surface area contributed by atoms with Gasteiger partial charge in [-0.1, -0.05) is 13.8 Å². The number of thioether (sulfide) groups is 1. The topological polar surface area (TPSA) is 80.8 Å². The zero-order valence-corrected chi connectivity index (χ0v) is 15.3. The van der Waals surface area contributed by atoms with Crippen molar-refractivity contribution in [1.29, 1.82) is 0 Å². The Morgan fingerprint density at radius 1 is 1.55 bits per heavy atom. The second-order valence-corrected chi connectivity index (χ2v) is 12.8. The third-order valence-corrected chi connectivity index (χ3v) is 11.4. The Morgan fingerprint density at radius 2 is 2.15 bits per heavy atom. The van der Waals surface area contributed by atoms with Gasteiger partial charge in [-0.3, -0.25) is 14.0 Å². The summed E-state index contributed by atoms with van der Waals surface area (Å²) in [6.07, 6.45) is 1.86. The van der Waals surface area contributed by atoms with Gasteiger partial charge in [0, 0.05) is 11.5 Å². The van der Waals surface area contributed by atoms with Crippen LogP contribution in [0.1, 0.15) is 27.2 Å². The molecule has 10 heteroatoms. The molecular formula is C10H20NO5PS3. The van der Waals surface area contributed by atoms with Crippen LogP contribution in [0.15, 0.2) is 0 Å². The molecule has 0 N–H and O–H groups in total. The number of nitrogens with zero attached hydrogens (tertiary/aromatic N) is 1. The third kappa shape index (κ3) is 4.40. The summed E-state index contributed by atoms with van der Waals surface area (Å²) < 4.78 is 41.6. The smallest absolute Gasteiger partial charge is 0.306 e. The highest BCUT2D eigenvalue weighted by molar-refractivity contribution is 8.56. The molecule has 0 saturated carbocycles. The number of hydrogen-bond acceptors (Lipinski definition) is 7. The monoisotopic (exact) mass is 361 g/mol. The maximum absolute atomic E-state index is 12.9. The Labute approximate surface area is 128 Å². The molecule has 1 saturated heterocycles. The second-order valence-electron chi connectivity index (χ2n) is 4.44. The van der Waals surface area contributed by atoms with Gasteiger partial charge in [0.1, 0.15) is 4.58 Å². The quantitative estimate of drug-likeness (QED) is 0.644. The van der Waals surface area contributed by atoms with Gasteiger partial charge < -0.3 is 4.52 Å². The number of carbonyl (C=O) groups excluding carboxylic acids is 1. The Balaban J connectivity index is 2.98. The van der Waals surface area contributed by atoms with E-state index in [2.05, 4.69) is 0 Å². The van der Waals surface area contributed by atoms with E-state index in [0.29, 0.717) is 11.8 Å². The first-order valence-corrected chi connectivity index (χ1v) is 12.1. The summed E-state index contributed by atoms with van der Waals surface area (Å²) in [7, 11) is -3.36. The Morgan fingerprint density at radius 3 is 2.55 bits per heavy atom. The van der Waals surface area contributed by atoms with Crippen molar-refractivity contribution < 1.29 is 22.3 Å². The van der Waals surface area contributed by atoms with E-state index in [1.165, 1.54) is 0 Å². The fourth-order valence-electron chi connectivity index (χ4n) is 1.47. The lowest BCUT2D eigenvalue weighted by Gasteiger charge is -2.27. The van der Waals surface area contributed by atoms with Crippen LogP contribution < -0.4 is 0 Å². The molecule has 118 valence electrons. The van der Waals surface area contributed by atoms with Gasteiger partial charge in [0.15, 0.2) is 9.84 Å². The van der Waals surface area contributed by atoms with Crippen molar-refractivity contribution in [2.45, 2.75) is 37.0 Å². The lowest BCUT2D eigenvalue weighted by atomic mass is 10.4. The molecule has 20 heavy (non-hydrogen) atoms. The van der Waals surface area contributed by atoms with E-state index in [1.54, 1.807) is 6.92 Å². The van der Waals surface area contributed by atoms with Gasteiger partial charge in [0.2, 0.25) is 0 Å². The highest BCUT2D eigenvalue weighted by Gasteiger charge is 2.47. The molecule has 0 radical (unpaired) electrons. The van der Waals surface area contributed by atoms with Gasteiger partial charge in [0.05, 0.1) is 13.2 Å². The molecule has 1 aliphatic heterocycles. The lowest BCUT2D eigenvalue weighted by Crippen LogP contribution is -2.25. The normalized spacial score (nSPS) is 24.7. The van der Waals surface area contributed by atoms with Crippen LogP contribution in [0, 0.1) is 0 Å². The number of hydrogen-bond donors (Lipinski definition) is 0. The van der Waals surface area contributed by atoms with E-state index in [0.717, 1.165) is 28.7 Å². The predicted octanol–water partition coefficient (Wildman–Crippen LogP) is 3.20. The summed E-state index contributed by atoms with van der Waals surface area (Å²) in [5.74, 6) is 0.